The summed E-state index contributed by atoms with van der Waals surface area (Å²) in [5, 5.41) is 0. The second-order valence-electron chi connectivity index (χ2n) is 12.6. The molecule has 0 heterocycles. The van der Waals surface area contributed by atoms with E-state index in [4.69, 9.17) is 0 Å². The molecule has 31 heavy (non-hydrogen) atoms. The summed E-state index contributed by atoms with van der Waals surface area (Å²) in [6.07, 6.45) is 28.7. The second kappa shape index (κ2) is 13.6. The molecule has 7 unspecified atom stereocenters. The molecule has 0 N–H and O–H groups in total. The maximum atomic E-state index is 2.59. The maximum Gasteiger partial charge on any atom is -0.0324 e. The van der Waals surface area contributed by atoms with E-state index in [1.165, 1.54) is 77.0 Å². The first-order valence-corrected chi connectivity index (χ1v) is 15.1. The minimum Gasteiger partial charge on any atom is -0.0654 e. The van der Waals surface area contributed by atoms with Gasteiger partial charge in [0.2, 0.25) is 0 Å². The Morgan fingerprint density at radius 3 is 2.03 bits per heavy atom. The van der Waals surface area contributed by atoms with Crippen LogP contribution in [0, 0.1) is 47.3 Å². The molecule has 0 aromatic carbocycles. The minimum absolute atomic E-state index is 0.994. The minimum atomic E-state index is 0.994. The zero-order chi connectivity index (χ0) is 22.1. The number of unbranched alkanes of at least 4 members (excludes halogenated alkanes) is 1. The van der Waals surface area contributed by atoms with Gasteiger partial charge in [-0.3, -0.25) is 0 Å². The fourth-order valence-corrected chi connectivity index (χ4v) is 8.63. The van der Waals surface area contributed by atoms with Gasteiger partial charge in [-0.05, 0) is 73.0 Å². The molecule has 0 saturated heterocycles. The Labute approximate surface area is 197 Å². The van der Waals surface area contributed by atoms with Crippen molar-refractivity contribution in [2.75, 3.05) is 0 Å². The lowest BCUT2D eigenvalue weighted by molar-refractivity contribution is 0.0160. The molecular weight excluding hydrogens is 372 g/mol. The quantitative estimate of drug-likeness (QED) is 0.407. The lowest BCUT2D eigenvalue weighted by Gasteiger charge is -2.47. The van der Waals surface area contributed by atoms with Crippen molar-refractivity contribution in [1.29, 1.82) is 0 Å². The van der Waals surface area contributed by atoms with Crippen LogP contribution in [0.25, 0.3) is 0 Å². The summed E-state index contributed by atoms with van der Waals surface area (Å²) in [5.41, 5.74) is 0. The third-order valence-electron chi connectivity index (χ3n) is 10.3. The maximum absolute atomic E-state index is 2.59. The molecule has 0 aromatic heterocycles. The van der Waals surface area contributed by atoms with Crippen LogP contribution in [0.3, 0.4) is 0 Å². The first-order valence-electron chi connectivity index (χ1n) is 15.1. The van der Waals surface area contributed by atoms with Crippen LogP contribution in [0.5, 0.6) is 0 Å². The Balaban J connectivity index is 0.000000196. The van der Waals surface area contributed by atoms with Gasteiger partial charge >= 0.3 is 0 Å². The van der Waals surface area contributed by atoms with E-state index in [0.29, 0.717) is 0 Å². The third kappa shape index (κ3) is 7.50. The lowest BCUT2D eigenvalue weighted by atomic mass is 9.58. The third-order valence-corrected chi connectivity index (χ3v) is 10.3. The summed E-state index contributed by atoms with van der Waals surface area (Å²) < 4.78 is 0. The molecule has 4 saturated carbocycles. The van der Waals surface area contributed by atoms with Crippen molar-refractivity contribution in [1.82, 2.24) is 0 Å². The number of hydrogen-bond donors (Lipinski definition) is 0. The van der Waals surface area contributed by atoms with E-state index >= 15 is 0 Å². The molecular formula is C31H58. The topological polar surface area (TPSA) is 0 Å². The second-order valence-corrected chi connectivity index (χ2v) is 12.6. The van der Waals surface area contributed by atoms with E-state index in [9.17, 15) is 0 Å². The van der Waals surface area contributed by atoms with Gasteiger partial charge < -0.3 is 0 Å². The first-order chi connectivity index (χ1) is 15.1. The smallest absolute Gasteiger partial charge is 0.0324 e. The Bertz CT molecular complexity index is 461. The highest BCUT2D eigenvalue weighted by atomic mass is 14.5. The van der Waals surface area contributed by atoms with Crippen molar-refractivity contribution in [2.45, 2.75) is 150 Å². The van der Waals surface area contributed by atoms with Crippen LogP contribution >= 0.6 is 0 Å². The van der Waals surface area contributed by atoms with Gasteiger partial charge in [0.1, 0.15) is 0 Å². The zero-order valence-corrected chi connectivity index (χ0v) is 22.1. The molecule has 182 valence electrons. The largest absolute Gasteiger partial charge is 0.0654 e. The van der Waals surface area contributed by atoms with Gasteiger partial charge in [-0.15, -0.1) is 0 Å². The van der Waals surface area contributed by atoms with Gasteiger partial charge in [0, 0.05) is 0 Å². The predicted octanol–water partition coefficient (Wildman–Crippen LogP) is 10.4. The molecule has 0 aromatic rings. The molecule has 0 amide bonds. The molecule has 4 aliphatic carbocycles. The van der Waals surface area contributed by atoms with Crippen LogP contribution in [0.1, 0.15) is 150 Å². The van der Waals surface area contributed by atoms with Crippen molar-refractivity contribution < 1.29 is 0 Å². The summed E-state index contributed by atoms with van der Waals surface area (Å²) in [7, 11) is 0. The normalized spacial score (nSPS) is 39.7. The average Bonchev–Trinajstić information content (AvgIpc) is 3.46. The molecule has 7 atom stereocenters. The van der Waals surface area contributed by atoms with Crippen molar-refractivity contribution in [3.63, 3.8) is 0 Å². The van der Waals surface area contributed by atoms with Crippen LogP contribution in [-0.2, 0) is 0 Å². The van der Waals surface area contributed by atoms with Gasteiger partial charge in [-0.25, -0.2) is 0 Å². The Kier molecular flexibility index (Phi) is 11.3. The fraction of sp³-hybridized carbons (Fsp3) is 1.00. The van der Waals surface area contributed by atoms with Crippen molar-refractivity contribution >= 4 is 0 Å². The van der Waals surface area contributed by atoms with E-state index in [-0.39, 0.29) is 0 Å². The predicted molar refractivity (Wildman–Crippen MR) is 138 cm³/mol. The Hall–Kier alpha value is 0. The van der Waals surface area contributed by atoms with Gasteiger partial charge in [-0.2, -0.15) is 0 Å². The van der Waals surface area contributed by atoms with Crippen LogP contribution in [0.2, 0.25) is 0 Å². The molecule has 0 nitrogen and oxygen atoms in total. The fourth-order valence-electron chi connectivity index (χ4n) is 8.63. The highest BCUT2D eigenvalue weighted by Gasteiger charge is 2.47. The standard InChI is InChI=1S/C19H34.C12H24/c1-3-4-11-17-14(2)13-16-10-7-12-18(16)19(17)15-8-5-6-9-15;1-3-12-9-7-5-4-6-8-11(2)10-12/h14-19H,3-13H2,1-2H3;11-12H,3-10H2,1-2H3. The number of hydrogen-bond acceptors (Lipinski definition) is 0. The van der Waals surface area contributed by atoms with Crippen molar-refractivity contribution in [2.24, 2.45) is 47.3 Å². The summed E-state index contributed by atoms with van der Waals surface area (Å²) in [5.74, 6) is 8.66. The Morgan fingerprint density at radius 2 is 1.32 bits per heavy atom. The van der Waals surface area contributed by atoms with Crippen LogP contribution in [0.15, 0.2) is 0 Å². The Morgan fingerprint density at radius 1 is 0.645 bits per heavy atom. The highest BCUT2D eigenvalue weighted by Crippen LogP contribution is 2.56. The first kappa shape index (κ1) is 25.6. The monoisotopic (exact) mass is 430 g/mol. The SMILES string of the molecule is CCC1CCCCCCC(C)C1.CCCCC1C(C)CC2CCCC2C1C1CCCC1. The molecule has 4 fully saturated rings. The van der Waals surface area contributed by atoms with Crippen LogP contribution < -0.4 is 0 Å². The van der Waals surface area contributed by atoms with Gasteiger partial charge in [-0.1, -0.05) is 124 Å². The molecule has 4 rings (SSSR count). The van der Waals surface area contributed by atoms with Crippen LogP contribution in [0.4, 0.5) is 0 Å². The van der Waals surface area contributed by atoms with E-state index < -0.39 is 0 Å². The summed E-state index contributed by atoms with van der Waals surface area (Å²) >= 11 is 0. The molecule has 4 aliphatic rings. The van der Waals surface area contributed by atoms with Crippen molar-refractivity contribution in [3.05, 3.63) is 0 Å². The van der Waals surface area contributed by atoms with Gasteiger partial charge in [0.05, 0.1) is 0 Å². The highest BCUT2D eigenvalue weighted by molar-refractivity contribution is 4.97. The molecule has 0 radical (unpaired) electrons. The summed E-state index contributed by atoms with van der Waals surface area (Å²) in [4.78, 5) is 0. The number of fused-ring (bicyclic) bond motifs is 1. The molecule has 0 spiro atoms. The summed E-state index contributed by atoms with van der Waals surface area (Å²) in [6, 6.07) is 0. The molecule has 0 aliphatic heterocycles. The van der Waals surface area contributed by atoms with Gasteiger partial charge in [0.15, 0.2) is 0 Å². The lowest BCUT2D eigenvalue weighted by Crippen LogP contribution is -2.40. The van der Waals surface area contributed by atoms with E-state index in [0.717, 1.165) is 47.3 Å². The average molecular weight is 431 g/mol. The van der Waals surface area contributed by atoms with E-state index in [1.54, 1.807) is 44.9 Å². The molecule has 0 bridgehead atoms. The van der Waals surface area contributed by atoms with E-state index in [1.807, 2.05) is 0 Å². The van der Waals surface area contributed by atoms with Crippen LogP contribution in [-0.4, -0.2) is 0 Å². The van der Waals surface area contributed by atoms with Crippen molar-refractivity contribution in [3.8, 4) is 0 Å². The number of rotatable bonds is 5. The van der Waals surface area contributed by atoms with E-state index in [2.05, 4.69) is 27.7 Å². The zero-order valence-electron chi connectivity index (χ0n) is 22.1. The summed E-state index contributed by atoms with van der Waals surface area (Å²) in [6.45, 7) is 9.76. The molecule has 0 heteroatoms. The van der Waals surface area contributed by atoms with Gasteiger partial charge in [0.25, 0.3) is 0 Å².